The maximum atomic E-state index is 6.68. The molecule has 16 rings (SSSR count). The number of hydrogen-bond acceptors (Lipinski definition) is 3. The summed E-state index contributed by atoms with van der Waals surface area (Å²) in [5, 5.41) is 8.07. The first-order valence-electron chi connectivity index (χ1n) is 26.1. The van der Waals surface area contributed by atoms with E-state index in [1.54, 1.807) is 0 Å². The standard InChI is InChI=1S/C71H46N4O/c1-71(2)59-26-14-12-23-51(59)54-41-57-56-37-45(29-34-64(56)74(65(57)42-60(54)71)48-21-10-5-11-22-48)46-31-36-66-58(38-46)68-50(25-16-28-67(68)76-66)47-30-35-63-55(39-47)52-24-13-15-27-62(52)75(63)49-32-33-53-61(40-49)72-70(44-19-8-4-9-20-44)73-69(53)43-17-6-3-7-18-43/h3-42H,1-2H3. The van der Waals surface area contributed by atoms with Gasteiger partial charge in [0.05, 0.1) is 33.3 Å². The van der Waals surface area contributed by atoms with E-state index in [1.165, 1.54) is 54.8 Å². The molecular weight excluding hydrogens is 925 g/mol. The largest absolute Gasteiger partial charge is 0.456 e. The highest BCUT2D eigenvalue weighted by Gasteiger charge is 2.36. The number of nitrogens with zero attached hydrogens (tertiary/aromatic N) is 4. The zero-order valence-corrected chi connectivity index (χ0v) is 41.8. The van der Waals surface area contributed by atoms with Crippen LogP contribution < -0.4 is 0 Å². The molecule has 15 aromatic rings. The quantitative estimate of drug-likeness (QED) is 0.167. The van der Waals surface area contributed by atoms with Gasteiger partial charge in [-0.25, -0.2) is 9.97 Å². The Morgan fingerprint density at radius 1 is 0.342 bits per heavy atom. The van der Waals surface area contributed by atoms with Crippen molar-refractivity contribution in [3.8, 4) is 67.4 Å². The van der Waals surface area contributed by atoms with Gasteiger partial charge >= 0.3 is 0 Å². The molecule has 0 unspecified atom stereocenters. The summed E-state index contributed by atoms with van der Waals surface area (Å²) < 4.78 is 11.5. The van der Waals surface area contributed by atoms with Crippen molar-refractivity contribution < 1.29 is 4.42 Å². The van der Waals surface area contributed by atoms with Crippen molar-refractivity contribution in [2.45, 2.75) is 19.3 Å². The van der Waals surface area contributed by atoms with E-state index < -0.39 is 0 Å². The maximum absolute atomic E-state index is 6.68. The highest BCUT2D eigenvalue weighted by Crippen LogP contribution is 2.51. The van der Waals surface area contributed by atoms with E-state index >= 15 is 0 Å². The average molecular weight is 971 g/mol. The third-order valence-electron chi connectivity index (χ3n) is 16.3. The van der Waals surface area contributed by atoms with Crippen LogP contribution in [0.5, 0.6) is 0 Å². The summed E-state index contributed by atoms with van der Waals surface area (Å²) in [7, 11) is 0. The fourth-order valence-corrected chi connectivity index (χ4v) is 12.7. The van der Waals surface area contributed by atoms with Gasteiger partial charge in [-0.2, -0.15) is 0 Å². The van der Waals surface area contributed by atoms with Crippen LogP contribution in [0.2, 0.25) is 0 Å². The van der Waals surface area contributed by atoms with Gasteiger partial charge in [0.15, 0.2) is 5.82 Å². The number of furan rings is 1. The molecule has 0 amide bonds. The van der Waals surface area contributed by atoms with E-state index in [0.29, 0.717) is 5.82 Å². The van der Waals surface area contributed by atoms with Gasteiger partial charge in [-0.3, -0.25) is 0 Å². The lowest BCUT2D eigenvalue weighted by Gasteiger charge is -2.21. The van der Waals surface area contributed by atoms with Crippen LogP contribution in [-0.4, -0.2) is 19.1 Å². The number of fused-ring (bicyclic) bond motifs is 13. The minimum Gasteiger partial charge on any atom is -0.456 e. The Hall–Kier alpha value is -9.84. The number of benzene rings is 11. The van der Waals surface area contributed by atoms with E-state index in [-0.39, 0.29) is 5.41 Å². The van der Waals surface area contributed by atoms with Crippen molar-refractivity contribution in [2.75, 3.05) is 0 Å². The van der Waals surface area contributed by atoms with Crippen molar-refractivity contribution in [3.05, 3.63) is 254 Å². The topological polar surface area (TPSA) is 48.8 Å². The third-order valence-corrected chi connectivity index (χ3v) is 16.3. The lowest BCUT2D eigenvalue weighted by molar-refractivity contribution is 0.661. The van der Waals surface area contributed by atoms with Gasteiger partial charge in [0.25, 0.3) is 0 Å². The van der Waals surface area contributed by atoms with Gasteiger partial charge in [0.2, 0.25) is 0 Å². The van der Waals surface area contributed by atoms with Gasteiger partial charge in [-0.05, 0) is 136 Å². The zero-order valence-electron chi connectivity index (χ0n) is 41.8. The first-order valence-corrected chi connectivity index (χ1v) is 26.1. The van der Waals surface area contributed by atoms with Gasteiger partial charge < -0.3 is 13.6 Å². The predicted octanol–water partition coefficient (Wildman–Crippen LogP) is 18.7. The Balaban J connectivity index is 0.839. The Kier molecular flexibility index (Phi) is 9.02. The molecule has 356 valence electrons. The molecule has 11 aromatic carbocycles. The Labute approximate surface area is 438 Å². The molecule has 0 saturated carbocycles. The van der Waals surface area contributed by atoms with Crippen molar-refractivity contribution in [1.82, 2.24) is 19.1 Å². The summed E-state index contributed by atoms with van der Waals surface area (Å²) in [5.41, 5.74) is 22.3. The molecule has 5 heteroatoms. The lowest BCUT2D eigenvalue weighted by atomic mass is 9.82. The van der Waals surface area contributed by atoms with Crippen LogP contribution in [0.3, 0.4) is 0 Å². The molecule has 4 aromatic heterocycles. The molecule has 1 aliphatic carbocycles. The monoisotopic (exact) mass is 970 g/mol. The van der Waals surface area contributed by atoms with Crippen LogP contribution >= 0.6 is 0 Å². The molecule has 0 aliphatic heterocycles. The molecule has 0 bridgehead atoms. The van der Waals surface area contributed by atoms with Crippen molar-refractivity contribution in [1.29, 1.82) is 0 Å². The fraction of sp³-hybridized carbons (Fsp3) is 0.0423. The highest BCUT2D eigenvalue weighted by molar-refractivity contribution is 6.17. The van der Waals surface area contributed by atoms with E-state index in [1.807, 2.05) is 24.3 Å². The van der Waals surface area contributed by atoms with Crippen molar-refractivity contribution in [3.63, 3.8) is 0 Å². The molecule has 0 atom stereocenters. The first-order chi connectivity index (χ1) is 37.4. The SMILES string of the molecule is CC1(C)c2ccccc2-c2cc3c4cc(-c5ccc6oc7cccc(-c8ccc9c(c8)c8ccccc8n9-c8ccc9c(-c%10ccccc%10)nc(-c%10ccccc%10)nc9c8)c7c6c5)ccc4n(-c4ccccc4)c3cc21. The molecule has 0 N–H and O–H groups in total. The second-order valence-corrected chi connectivity index (χ2v) is 20.9. The summed E-state index contributed by atoms with van der Waals surface area (Å²) in [4.78, 5) is 10.4. The van der Waals surface area contributed by atoms with E-state index in [0.717, 1.165) is 94.3 Å². The van der Waals surface area contributed by atoms with E-state index in [9.17, 15) is 0 Å². The number of hydrogen-bond donors (Lipinski definition) is 0. The minimum atomic E-state index is -0.105. The van der Waals surface area contributed by atoms with Crippen LogP contribution in [0.25, 0.3) is 144 Å². The Morgan fingerprint density at radius 2 is 0.961 bits per heavy atom. The summed E-state index contributed by atoms with van der Waals surface area (Å²) in [5.74, 6) is 0.705. The minimum absolute atomic E-state index is 0.105. The van der Waals surface area contributed by atoms with E-state index in [4.69, 9.17) is 14.4 Å². The number of rotatable bonds is 6. The van der Waals surface area contributed by atoms with Crippen LogP contribution in [0.15, 0.2) is 247 Å². The summed E-state index contributed by atoms with van der Waals surface area (Å²) in [6.07, 6.45) is 0. The number of aromatic nitrogens is 4. The molecular formula is C71H46N4O. The predicted molar refractivity (Wildman–Crippen MR) is 315 cm³/mol. The molecule has 76 heavy (non-hydrogen) atoms. The molecule has 0 fully saturated rings. The van der Waals surface area contributed by atoms with Crippen LogP contribution in [0.1, 0.15) is 25.0 Å². The van der Waals surface area contributed by atoms with Gasteiger partial charge in [0, 0.05) is 65.6 Å². The molecule has 0 spiro atoms. The second kappa shape index (κ2) is 16.1. The van der Waals surface area contributed by atoms with Crippen molar-refractivity contribution in [2.24, 2.45) is 0 Å². The third kappa shape index (κ3) is 6.26. The second-order valence-electron chi connectivity index (χ2n) is 20.9. The number of para-hydroxylation sites is 2. The van der Waals surface area contributed by atoms with Crippen LogP contribution in [0.4, 0.5) is 0 Å². The normalized spacial score (nSPS) is 13.0. The molecule has 5 nitrogen and oxygen atoms in total. The lowest BCUT2D eigenvalue weighted by Crippen LogP contribution is -2.14. The smallest absolute Gasteiger partial charge is 0.160 e. The Morgan fingerprint density at radius 3 is 1.78 bits per heavy atom. The van der Waals surface area contributed by atoms with Crippen LogP contribution in [-0.2, 0) is 5.41 Å². The molecule has 4 heterocycles. The molecule has 0 radical (unpaired) electrons. The maximum Gasteiger partial charge on any atom is 0.160 e. The highest BCUT2D eigenvalue weighted by atomic mass is 16.3. The van der Waals surface area contributed by atoms with E-state index in [2.05, 4.69) is 241 Å². The summed E-state index contributed by atoms with van der Waals surface area (Å²) >= 11 is 0. The molecule has 0 saturated heterocycles. The Bertz CT molecular complexity index is 4890. The fourth-order valence-electron chi connectivity index (χ4n) is 12.7. The molecule has 1 aliphatic rings. The summed E-state index contributed by atoms with van der Waals surface area (Å²) in [6, 6.07) is 87.7. The summed E-state index contributed by atoms with van der Waals surface area (Å²) in [6.45, 7) is 4.72. The van der Waals surface area contributed by atoms with Crippen LogP contribution in [0, 0.1) is 0 Å². The van der Waals surface area contributed by atoms with Gasteiger partial charge in [-0.15, -0.1) is 0 Å². The van der Waals surface area contributed by atoms with Gasteiger partial charge in [-0.1, -0.05) is 166 Å². The first kappa shape index (κ1) is 42.6. The van der Waals surface area contributed by atoms with Gasteiger partial charge in [0.1, 0.15) is 11.2 Å². The van der Waals surface area contributed by atoms with Crippen molar-refractivity contribution >= 4 is 76.5 Å². The average Bonchev–Trinajstić information content (AvgIpc) is 4.26. The zero-order chi connectivity index (χ0) is 50.2.